The minimum Gasteiger partial charge on any atom is -0.243 e. The summed E-state index contributed by atoms with van der Waals surface area (Å²) in [5.74, 6) is 0. The van der Waals surface area contributed by atoms with Crippen molar-refractivity contribution in [2.45, 2.75) is 37.8 Å². The van der Waals surface area contributed by atoms with Crippen molar-refractivity contribution in [2.75, 3.05) is 0 Å². The summed E-state index contributed by atoms with van der Waals surface area (Å²) in [6.07, 6.45) is 2.23. The van der Waals surface area contributed by atoms with Gasteiger partial charge in [0, 0.05) is 17.1 Å². The minimum absolute atomic E-state index is 0.0899. The fourth-order valence-electron chi connectivity index (χ4n) is 1.79. The second-order valence-electron chi connectivity index (χ2n) is 5.18. The largest absolute Gasteiger partial charge is 0.259 e. The van der Waals surface area contributed by atoms with Gasteiger partial charge in [0.25, 0.3) is 10.0 Å². The molecule has 1 heterocycles. The summed E-state index contributed by atoms with van der Waals surface area (Å²) in [5, 5.41) is 1.60. The molecule has 1 N–H and O–H groups in total. The average Bonchev–Trinajstić information content (AvgIpc) is 2.37. The molecule has 0 fully saturated rings. The highest BCUT2D eigenvalue weighted by molar-refractivity contribution is 7.89. The van der Waals surface area contributed by atoms with Gasteiger partial charge in [-0.25, -0.2) is 18.1 Å². The van der Waals surface area contributed by atoms with Gasteiger partial charge in [0.2, 0.25) is 0 Å². The highest BCUT2D eigenvalue weighted by Crippen LogP contribution is 2.22. The van der Waals surface area contributed by atoms with Crippen molar-refractivity contribution >= 4 is 20.8 Å². The Hall–Kier alpha value is -1.46. The predicted molar refractivity (Wildman–Crippen MR) is 76.4 cm³/mol. The van der Waals surface area contributed by atoms with E-state index >= 15 is 0 Å². The lowest BCUT2D eigenvalue weighted by Crippen LogP contribution is -2.42. The van der Waals surface area contributed by atoms with Gasteiger partial charge in [-0.15, -0.1) is 0 Å². The Balaban J connectivity index is 2.55. The van der Waals surface area contributed by atoms with Crippen molar-refractivity contribution in [1.82, 2.24) is 9.71 Å². The van der Waals surface area contributed by atoms with E-state index in [2.05, 4.69) is 9.71 Å². The molecule has 0 aliphatic heterocycles. The maximum atomic E-state index is 12.4. The zero-order chi connectivity index (χ0) is 14.1. The molecule has 0 unspecified atom stereocenters. The van der Waals surface area contributed by atoms with Crippen LogP contribution in [0.1, 0.15) is 27.2 Å². The van der Waals surface area contributed by atoms with Crippen LogP contribution in [-0.4, -0.2) is 18.9 Å². The third-order valence-corrected chi connectivity index (χ3v) is 4.84. The standard InChI is InChI=1S/C14H18N2O2S/c1-4-14(2,3)16-19(17,18)13-12-8-6-5-7-11(12)9-10-15-13/h5-10,16H,4H2,1-3H3. The SMILES string of the molecule is CCC(C)(C)NS(=O)(=O)c1nccc2ccccc12. The average molecular weight is 278 g/mol. The fourth-order valence-corrected chi connectivity index (χ4v) is 3.43. The molecule has 0 atom stereocenters. The predicted octanol–water partition coefficient (Wildman–Crippen LogP) is 2.70. The number of fused-ring (bicyclic) bond motifs is 1. The van der Waals surface area contributed by atoms with E-state index in [9.17, 15) is 8.42 Å². The Morgan fingerprint density at radius 1 is 1.21 bits per heavy atom. The maximum Gasteiger partial charge on any atom is 0.259 e. The van der Waals surface area contributed by atoms with Crippen LogP contribution in [0, 0.1) is 0 Å². The summed E-state index contributed by atoms with van der Waals surface area (Å²) >= 11 is 0. The van der Waals surface area contributed by atoms with Crippen molar-refractivity contribution in [1.29, 1.82) is 0 Å². The first-order valence-electron chi connectivity index (χ1n) is 6.23. The molecule has 5 heteroatoms. The Kier molecular flexibility index (Phi) is 3.60. The molecule has 0 radical (unpaired) electrons. The molecule has 1 aromatic heterocycles. The first-order valence-corrected chi connectivity index (χ1v) is 7.72. The molecule has 0 saturated carbocycles. The van der Waals surface area contributed by atoms with Gasteiger partial charge < -0.3 is 0 Å². The van der Waals surface area contributed by atoms with Gasteiger partial charge in [-0.1, -0.05) is 31.2 Å². The quantitative estimate of drug-likeness (QED) is 0.935. The van der Waals surface area contributed by atoms with Gasteiger partial charge >= 0.3 is 0 Å². The van der Waals surface area contributed by atoms with Crippen LogP contribution < -0.4 is 4.72 Å². The van der Waals surface area contributed by atoms with Crippen LogP contribution in [0.25, 0.3) is 10.8 Å². The normalized spacial score (nSPS) is 12.8. The van der Waals surface area contributed by atoms with Crippen molar-refractivity contribution in [3.63, 3.8) is 0 Å². The summed E-state index contributed by atoms with van der Waals surface area (Å²) in [4.78, 5) is 4.05. The van der Waals surface area contributed by atoms with Crippen LogP contribution in [0.15, 0.2) is 41.6 Å². The number of hydrogen-bond donors (Lipinski definition) is 1. The minimum atomic E-state index is -3.62. The van der Waals surface area contributed by atoms with Crippen molar-refractivity contribution in [3.05, 3.63) is 36.5 Å². The Bertz CT molecular complexity index is 688. The Morgan fingerprint density at radius 3 is 2.58 bits per heavy atom. The number of nitrogens with one attached hydrogen (secondary N) is 1. The van der Waals surface area contributed by atoms with E-state index in [4.69, 9.17) is 0 Å². The second-order valence-corrected chi connectivity index (χ2v) is 6.78. The second kappa shape index (κ2) is 4.90. The molecule has 0 aliphatic rings. The van der Waals surface area contributed by atoms with Crippen LogP contribution in [0.2, 0.25) is 0 Å². The maximum absolute atomic E-state index is 12.4. The number of pyridine rings is 1. The molecule has 2 rings (SSSR count). The van der Waals surface area contributed by atoms with Crippen LogP contribution in [0.4, 0.5) is 0 Å². The number of aromatic nitrogens is 1. The first-order chi connectivity index (χ1) is 8.86. The van der Waals surface area contributed by atoms with Gasteiger partial charge in [-0.3, -0.25) is 0 Å². The van der Waals surface area contributed by atoms with Crippen molar-refractivity contribution < 1.29 is 8.42 Å². The number of nitrogens with zero attached hydrogens (tertiary/aromatic N) is 1. The summed E-state index contributed by atoms with van der Waals surface area (Å²) in [7, 11) is -3.62. The Labute approximate surface area is 113 Å². The van der Waals surface area contributed by atoms with E-state index in [1.165, 1.54) is 6.20 Å². The van der Waals surface area contributed by atoms with Crippen LogP contribution >= 0.6 is 0 Å². The van der Waals surface area contributed by atoms with Gasteiger partial charge in [-0.2, -0.15) is 0 Å². The molecule has 0 bridgehead atoms. The van der Waals surface area contributed by atoms with Crippen LogP contribution in [0.5, 0.6) is 0 Å². The first kappa shape index (κ1) is 14.0. The van der Waals surface area contributed by atoms with E-state index < -0.39 is 15.6 Å². The van der Waals surface area contributed by atoms with E-state index in [0.717, 1.165) is 5.39 Å². The number of hydrogen-bond acceptors (Lipinski definition) is 3. The molecule has 2 aromatic rings. The molecular formula is C14H18N2O2S. The van der Waals surface area contributed by atoms with Crippen LogP contribution in [-0.2, 0) is 10.0 Å². The molecule has 4 nitrogen and oxygen atoms in total. The molecule has 0 saturated heterocycles. The molecule has 19 heavy (non-hydrogen) atoms. The van der Waals surface area contributed by atoms with Gasteiger partial charge in [0.05, 0.1) is 0 Å². The number of rotatable bonds is 4. The molecular weight excluding hydrogens is 260 g/mol. The van der Waals surface area contributed by atoms with Crippen molar-refractivity contribution in [2.24, 2.45) is 0 Å². The monoisotopic (exact) mass is 278 g/mol. The Morgan fingerprint density at radius 2 is 1.89 bits per heavy atom. The molecule has 0 aliphatic carbocycles. The van der Waals surface area contributed by atoms with Gasteiger partial charge in [0.1, 0.15) is 0 Å². The summed E-state index contributed by atoms with van der Waals surface area (Å²) < 4.78 is 27.6. The lowest BCUT2D eigenvalue weighted by Gasteiger charge is -2.24. The summed E-state index contributed by atoms with van der Waals surface area (Å²) in [6, 6.07) is 9.15. The summed E-state index contributed by atoms with van der Waals surface area (Å²) in [5.41, 5.74) is -0.489. The van der Waals surface area contributed by atoms with E-state index in [1.54, 1.807) is 12.1 Å². The van der Waals surface area contributed by atoms with E-state index in [1.807, 2.05) is 39.0 Å². The van der Waals surface area contributed by atoms with E-state index in [0.29, 0.717) is 11.8 Å². The van der Waals surface area contributed by atoms with Crippen LogP contribution in [0.3, 0.4) is 0 Å². The number of benzene rings is 1. The van der Waals surface area contributed by atoms with Gasteiger partial charge in [-0.05, 0) is 31.7 Å². The zero-order valence-electron chi connectivity index (χ0n) is 11.3. The number of sulfonamides is 1. The smallest absolute Gasteiger partial charge is 0.243 e. The fraction of sp³-hybridized carbons (Fsp3) is 0.357. The van der Waals surface area contributed by atoms with Crippen molar-refractivity contribution in [3.8, 4) is 0 Å². The third kappa shape index (κ3) is 2.93. The molecule has 1 aromatic carbocycles. The topological polar surface area (TPSA) is 59.1 Å². The van der Waals surface area contributed by atoms with E-state index in [-0.39, 0.29) is 5.03 Å². The molecule has 102 valence electrons. The molecule has 0 spiro atoms. The van der Waals surface area contributed by atoms with Gasteiger partial charge in [0.15, 0.2) is 5.03 Å². The lowest BCUT2D eigenvalue weighted by molar-refractivity contribution is 0.439. The highest BCUT2D eigenvalue weighted by Gasteiger charge is 2.26. The zero-order valence-corrected chi connectivity index (χ0v) is 12.2. The summed E-state index contributed by atoms with van der Waals surface area (Å²) in [6.45, 7) is 5.66. The third-order valence-electron chi connectivity index (χ3n) is 3.19. The lowest BCUT2D eigenvalue weighted by atomic mass is 10.0. The molecule has 0 amide bonds. The highest BCUT2D eigenvalue weighted by atomic mass is 32.2.